The molecule has 7 nitrogen and oxygen atoms in total. The lowest BCUT2D eigenvalue weighted by Gasteiger charge is -2.59. The fourth-order valence-electron chi connectivity index (χ4n) is 5.32. The molecule has 6 rings (SSSR count). The second-order valence-electron chi connectivity index (χ2n) is 7.39. The number of fused-ring (bicyclic) bond motifs is 1. The van der Waals surface area contributed by atoms with Gasteiger partial charge in [-0.2, -0.15) is 4.52 Å². The third-order valence-electron chi connectivity index (χ3n) is 5.62. The predicted molar refractivity (Wildman–Crippen MR) is 79.4 cm³/mol. The Bertz CT molecular complexity index is 726. The SMILES string of the molecule is O=C(Nc1nn2cnnc2s1)C12C[C@H]3C[C@@H](CC(O)(C3)C1)C2. The van der Waals surface area contributed by atoms with Crippen LogP contribution in [0.15, 0.2) is 6.33 Å². The number of aromatic nitrogens is 4. The number of nitrogens with one attached hydrogen (secondary N) is 1. The molecular weight excluding hydrogens is 302 g/mol. The second kappa shape index (κ2) is 4.05. The minimum absolute atomic E-state index is 0.0185. The molecule has 0 radical (unpaired) electrons. The molecule has 0 aromatic carbocycles. The van der Waals surface area contributed by atoms with Crippen molar-refractivity contribution < 1.29 is 9.90 Å². The van der Waals surface area contributed by atoms with Crippen LogP contribution in [0.1, 0.15) is 38.5 Å². The predicted octanol–water partition coefficient (Wildman–Crippen LogP) is 1.46. The van der Waals surface area contributed by atoms with Crippen molar-refractivity contribution in [1.82, 2.24) is 19.8 Å². The highest BCUT2D eigenvalue weighted by atomic mass is 32.1. The van der Waals surface area contributed by atoms with Gasteiger partial charge >= 0.3 is 0 Å². The van der Waals surface area contributed by atoms with Gasteiger partial charge in [-0.25, -0.2) is 0 Å². The van der Waals surface area contributed by atoms with Gasteiger partial charge in [-0.3, -0.25) is 4.79 Å². The number of hydrogen-bond acceptors (Lipinski definition) is 6. The zero-order chi connectivity index (χ0) is 14.9. The summed E-state index contributed by atoms with van der Waals surface area (Å²) >= 11 is 1.32. The summed E-state index contributed by atoms with van der Waals surface area (Å²) in [5.41, 5.74) is -1.03. The molecule has 0 saturated heterocycles. The molecule has 2 aromatic rings. The van der Waals surface area contributed by atoms with Crippen LogP contribution in [-0.2, 0) is 4.79 Å². The first-order chi connectivity index (χ1) is 10.5. The van der Waals surface area contributed by atoms with Gasteiger partial charge in [-0.1, -0.05) is 11.3 Å². The first-order valence-electron chi connectivity index (χ1n) is 7.74. The fourth-order valence-corrected chi connectivity index (χ4v) is 6.03. The average molecular weight is 319 g/mol. The summed E-state index contributed by atoms with van der Waals surface area (Å²) in [7, 11) is 0. The van der Waals surface area contributed by atoms with Crippen LogP contribution in [0.3, 0.4) is 0 Å². The van der Waals surface area contributed by atoms with Crippen molar-refractivity contribution in [2.24, 2.45) is 17.3 Å². The van der Waals surface area contributed by atoms with Crippen molar-refractivity contribution in [3.05, 3.63) is 6.33 Å². The normalized spacial score (nSPS) is 39.5. The first-order valence-corrected chi connectivity index (χ1v) is 8.56. The standard InChI is InChI=1S/C14H17N5O2S/c20-10(16-11-18-19-7-15-17-12(19)22-11)13-2-8-1-9(3-13)5-14(21,4-8)6-13/h7-9,21H,1-6H2,(H,16,18,20)/t8-,9-,13?,14?/m1/s1. The van der Waals surface area contributed by atoms with Crippen molar-refractivity contribution in [3.8, 4) is 0 Å². The maximum atomic E-state index is 12.9. The van der Waals surface area contributed by atoms with Crippen LogP contribution in [0.5, 0.6) is 0 Å². The van der Waals surface area contributed by atoms with E-state index in [-0.39, 0.29) is 5.91 Å². The summed E-state index contributed by atoms with van der Waals surface area (Å²) < 4.78 is 1.56. The monoisotopic (exact) mass is 319 g/mol. The molecule has 4 fully saturated rings. The van der Waals surface area contributed by atoms with E-state index in [2.05, 4.69) is 20.6 Å². The Balaban J connectivity index is 1.43. The smallest absolute Gasteiger partial charge is 0.236 e. The van der Waals surface area contributed by atoms with Gasteiger partial charge in [0.05, 0.1) is 11.0 Å². The zero-order valence-electron chi connectivity index (χ0n) is 12.0. The molecule has 2 heterocycles. The summed E-state index contributed by atoms with van der Waals surface area (Å²) in [6, 6.07) is 0. The minimum Gasteiger partial charge on any atom is -0.390 e. The number of aliphatic hydroxyl groups is 1. The van der Waals surface area contributed by atoms with Crippen molar-refractivity contribution in [3.63, 3.8) is 0 Å². The Kier molecular flexibility index (Phi) is 2.38. The van der Waals surface area contributed by atoms with Crippen LogP contribution in [0.4, 0.5) is 5.13 Å². The molecule has 0 spiro atoms. The lowest BCUT2D eigenvalue weighted by Crippen LogP contribution is -2.59. The minimum atomic E-state index is -0.622. The molecule has 1 amide bonds. The highest BCUT2D eigenvalue weighted by molar-refractivity contribution is 7.20. The van der Waals surface area contributed by atoms with E-state index in [1.807, 2.05) is 0 Å². The molecule has 116 valence electrons. The highest BCUT2D eigenvalue weighted by Crippen LogP contribution is 2.61. The average Bonchev–Trinajstić information content (AvgIpc) is 2.96. The van der Waals surface area contributed by atoms with Gasteiger partial charge in [0.25, 0.3) is 0 Å². The van der Waals surface area contributed by atoms with Crippen LogP contribution in [0.25, 0.3) is 4.96 Å². The molecule has 4 bridgehead atoms. The van der Waals surface area contributed by atoms with Crippen LogP contribution < -0.4 is 5.32 Å². The summed E-state index contributed by atoms with van der Waals surface area (Å²) in [4.78, 5) is 13.6. The fraction of sp³-hybridized carbons (Fsp3) is 0.714. The Morgan fingerprint density at radius 3 is 2.82 bits per heavy atom. The van der Waals surface area contributed by atoms with Gasteiger partial charge < -0.3 is 10.4 Å². The van der Waals surface area contributed by atoms with E-state index in [0.717, 1.165) is 25.7 Å². The van der Waals surface area contributed by atoms with E-state index in [1.165, 1.54) is 24.1 Å². The van der Waals surface area contributed by atoms with E-state index < -0.39 is 11.0 Å². The maximum Gasteiger partial charge on any atom is 0.236 e. The number of hydrogen-bond donors (Lipinski definition) is 2. The molecule has 0 unspecified atom stereocenters. The molecule has 2 atom stereocenters. The maximum absolute atomic E-state index is 12.9. The number of carbonyl (C=O) groups excluding carboxylic acids is 1. The van der Waals surface area contributed by atoms with Gasteiger partial charge in [-0.15, -0.1) is 15.3 Å². The van der Waals surface area contributed by atoms with Crippen LogP contribution >= 0.6 is 11.3 Å². The number of rotatable bonds is 2. The topological polar surface area (TPSA) is 92.4 Å². The largest absolute Gasteiger partial charge is 0.390 e. The van der Waals surface area contributed by atoms with Crippen LogP contribution in [-0.4, -0.2) is 36.4 Å². The van der Waals surface area contributed by atoms with Crippen LogP contribution in [0.2, 0.25) is 0 Å². The van der Waals surface area contributed by atoms with Gasteiger partial charge in [-0.05, 0) is 50.4 Å². The molecule has 0 aliphatic heterocycles. The first kappa shape index (κ1) is 13.0. The lowest BCUT2D eigenvalue weighted by atomic mass is 9.47. The van der Waals surface area contributed by atoms with Gasteiger partial charge in [0.15, 0.2) is 0 Å². The molecule has 22 heavy (non-hydrogen) atoms. The number of anilines is 1. The van der Waals surface area contributed by atoms with Crippen molar-refractivity contribution in [2.45, 2.75) is 44.1 Å². The summed E-state index contributed by atoms with van der Waals surface area (Å²) in [6.45, 7) is 0. The number of carbonyl (C=O) groups is 1. The third-order valence-corrected chi connectivity index (χ3v) is 6.45. The van der Waals surface area contributed by atoms with Crippen molar-refractivity contribution >= 4 is 27.3 Å². The molecular formula is C14H17N5O2S. The summed E-state index contributed by atoms with van der Waals surface area (Å²) in [5.74, 6) is 1.01. The molecule has 4 saturated carbocycles. The summed E-state index contributed by atoms with van der Waals surface area (Å²) in [5, 5.41) is 26.2. The van der Waals surface area contributed by atoms with E-state index in [1.54, 1.807) is 4.52 Å². The Morgan fingerprint density at radius 2 is 2.14 bits per heavy atom. The Labute approximate surface area is 130 Å². The van der Waals surface area contributed by atoms with Crippen molar-refractivity contribution in [1.29, 1.82) is 0 Å². The number of nitrogens with zero attached hydrogens (tertiary/aromatic N) is 4. The van der Waals surface area contributed by atoms with E-state index in [4.69, 9.17) is 0 Å². The van der Waals surface area contributed by atoms with Crippen molar-refractivity contribution in [2.75, 3.05) is 5.32 Å². The quantitative estimate of drug-likeness (QED) is 0.874. The molecule has 2 aromatic heterocycles. The highest BCUT2D eigenvalue weighted by Gasteiger charge is 2.60. The number of amides is 1. The third kappa shape index (κ3) is 1.77. The van der Waals surface area contributed by atoms with E-state index in [9.17, 15) is 9.90 Å². The summed E-state index contributed by atoms with van der Waals surface area (Å²) in [6.07, 6.45) is 6.85. The van der Waals surface area contributed by atoms with Gasteiger partial charge in [0, 0.05) is 0 Å². The molecule has 2 N–H and O–H groups in total. The second-order valence-corrected chi connectivity index (χ2v) is 8.34. The molecule has 4 aliphatic carbocycles. The van der Waals surface area contributed by atoms with E-state index >= 15 is 0 Å². The van der Waals surface area contributed by atoms with Gasteiger partial charge in [0.1, 0.15) is 6.33 Å². The lowest BCUT2D eigenvalue weighted by molar-refractivity contribution is -0.174. The molecule has 8 heteroatoms. The van der Waals surface area contributed by atoms with Gasteiger partial charge in [0.2, 0.25) is 16.0 Å². The van der Waals surface area contributed by atoms with E-state index in [0.29, 0.717) is 28.3 Å². The Hall–Kier alpha value is -1.54. The Morgan fingerprint density at radius 1 is 1.36 bits per heavy atom. The van der Waals surface area contributed by atoms with Crippen LogP contribution in [0, 0.1) is 17.3 Å². The molecule has 4 aliphatic rings. The zero-order valence-corrected chi connectivity index (χ0v) is 12.8.